The maximum atomic E-state index is 11.4. The van der Waals surface area contributed by atoms with Crippen LogP contribution in [-0.2, 0) is 4.79 Å². The van der Waals surface area contributed by atoms with Gasteiger partial charge in [-0.1, -0.05) is 26.0 Å². The minimum Gasteiger partial charge on any atom is -0.322 e. The van der Waals surface area contributed by atoms with E-state index in [1.165, 1.54) is 5.56 Å². The second-order valence-corrected chi connectivity index (χ2v) is 3.91. The van der Waals surface area contributed by atoms with Crippen molar-refractivity contribution in [3.05, 3.63) is 29.8 Å². The molecule has 0 unspecified atom stereocenters. The van der Waals surface area contributed by atoms with E-state index in [1.54, 1.807) is 11.9 Å². The van der Waals surface area contributed by atoms with Crippen LogP contribution >= 0.6 is 12.4 Å². The van der Waals surface area contributed by atoms with Crippen molar-refractivity contribution in [2.45, 2.75) is 19.8 Å². The van der Waals surface area contributed by atoms with Crippen molar-refractivity contribution in [2.24, 2.45) is 5.73 Å². The summed E-state index contributed by atoms with van der Waals surface area (Å²) in [5.74, 6) is 0.391. The molecule has 0 aliphatic rings. The predicted octanol–water partition coefficient (Wildman–Crippen LogP) is 2.15. The van der Waals surface area contributed by atoms with Crippen LogP contribution in [0.1, 0.15) is 25.3 Å². The molecular formula is C12H19ClN2O. The lowest BCUT2D eigenvalue weighted by atomic mass is 10.0. The molecule has 1 aromatic rings. The topological polar surface area (TPSA) is 46.3 Å². The molecule has 0 saturated heterocycles. The van der Waals surface area contributed by atoms with Gasteiger partial charge in [0.2, 0.25) is 5.91 Å². The van der Waals surface area contributed by atoms with Gasteiger partial charge in [0.05, 0.1) is 6.54 Å². The summed E-state index contributed by atoms with van der Waals surface area (Å²) in [5.41, 5.74) is 7.44. The van der Waals surface area contributed by atoms with Crippen LogP contribution in [-0.4, -0.2) is 19.5 Å². The Morgan fingerprint density at radius 2 is 2.06 bits per heavy atom. The molecule has 0 aromatic heterocycles. The minimum absolute atomic E-state index is 0. The molecule has 2 N–H and O–H groups in total. The Morgan fingerprint density at radius 1 is 1.44 bits per heavy atom. The number of nitrogens with two attached hydrogens (primary N) is 1. The van der Waals surface area contributed by atoms with Crippen molar-refractivity contribution < 1.29 is 4.79 Å². The summed E-state index contributed by atoms with van der Waals surface area (Å²) in [5, 5.41) is 0. The highest BCUT2D eigenvalue weighted by Crippen LogP contribution is 2.20. The van der Waals surface area contributed by atoms with Crippen LogP contribution in [0, 0.1) is 0 Å². The molecule has 0 aliphatic carbocycles. The Balaban J connectivity index is 0.00000225. The smallest absolute Gasteiger partial charge is 0.240 e. The molecule has 0 heterocycles. The molecule has 4 heteroatoms. The summed E-state index contributed by atoms with van der Waals surface area (Å²) in [4.78, 5) is 13.0. The fourth-order valence-electron chi connectivity index (χ4n) is 1.37. The molecule has 1 rings (SSSR count). The quantitative estimate of drug-likeness (QED) is 0.883. The largest absolute Gasteiger partial charge is 0.322 e. The third-order valence-corrected chi connectivity index (χ3v) is 2.47. The lowest BCUT2D eigenvalue weighted by molar-refractivity contribution is -0.117. The van der Waals surface area contributed by atoms with Crippen molar-refractivity contribution in [1.82, 2.24) is 0 Å². The first-order valence-electron chi connectivity index (χ1n) is 5.13. The first-order valence-corrected chi connectivity index (χ1v) is 5.13. The van der Waals surface area contributed by atoms with Gasteiger partial charge in [0.15, 0.2) is 0 Å². The van der Waals surface area contributed by atoms with Gasteiger partial charge in [-0.15, -0.1) is 12.4 Å². The number of halogens is 1. The molecule has 0 radical (unpaired) electrons. The normalized spacial score (nSPS) is 9.81. The highest BCUT2D eigenvalue weighted by molar-refractivity contribution is 5.94. The Bertz CT molecular complexity index is 353. The Morgan fingerprint density at radius 3 is 2.56 bits per heavy atom. The lowest BCUT2D eigenvalue weighted by Gasteiger charge is -2.18. The van der Waals surface area contributed by atoms with Gasteiger partial charge in [0, 0.05) is 12.7 Å². The van der Waals surface area contributed by atoms with Crippen molar-refractivity contribution in [2.75, 3.05) is 18.5 Å². The van der Waals surface area contributed by atoms with Crippen molar-refractivity contribution in [1.29, 1.82) is 0 Å². The maximum absolute atomic E-state index is 11.4. The summed E-state index contributed by atoms with van der Waals surface area (Å²) >= 11 is 0. The standard InChI is InChI=1S/C12H18N2O.ClH/c1-9(2)10-5-4-6-11(7-10)14(3)12(15)8-13;/h4-7,9H,8,13H2,1-3H3;1H. The van der Waals surface area contributed by atoms with Gasteiger partial charge in [-0.3, -0.25) is 4.79 Å². The number of hydrogen-bond acceptors (Lipinski definition) is 2. The van der Waals surface area contributed by atoms with E-state index in [1.807, 2.05) is 18.2 Å². The maximum Gasteiger partial charge on any atom is 0.240 e. The number of benzene rings is 1. The number of rotatable bonds is 3. The lowest BCUT2D eigenvalue weighted by Crippen LogP contribution is -2.32. The van der Waals surface area contributed by atoms with Crippen LogP contribution in [0.15, 0.2) is 24.3 Å². The van der Waals surface area contributed by atoms with E-state index < -0.39 is 0 Å². The van der Waals surface area contributed by atoms with Crippen LogP contribution in [0.5, 0.6) is 0 Å². The summed E-state index contributed by atoms with van der Waals surface area (Å²) in [6, 6.07) is 7.97. The Kier molecular flexibility index (Phi) is 6.08. The van der Waals surface area contributed by atoms with Crippen molar-refractivity contribution in [3.8, 4) is 0 Å². The van der Waals surface area contributed by atoms with E-state index in [2.05, 4.69) is 19.9 Å². The molecule has 1 aromatic carbocycles. The van der Waals surface area contributed by atoms with Gasteiger partial charge in [-0.2, -0.15) is 0 Å². The number of nitrogens with zero attached hydrogens (tertiary/aromatic N) is 1. The number of likely N-dealkylation sites (N-methyl/N-ethyl adjacent to an activating group) is 1. The number of hydrogen-bond donors (Lipinski definition) is 1. The van der Waals surface area contributed by atoms with Crippen LogP contribution < -0.4 is 10.6 Å². The highest BCUT2D eigenvalue weighted by atomic mass is 35.5. The van der Waals surface area contributed by atoms with Crippen LogP contribution in [0.4, 0.5) is 5.69 Å². The summed E-state index contributed by atoms with van der Waals surface area (Å²) in [6.07, 6.45) is 0. The van der Waals surface area contributed by atoms with Gasteiger partial charge in [-0.05, 0) is 23.6 Å². The highest BCUT2D eigenvalue weighted by Gasteiger charge is 2.09. The van der Waals surface area contributed by atoms with E-state index in [-0.39, 0.29) is 24.9 Å². The molecule has 0 saturated carbocycles. The zero-order valence-electron chi connectivity index (χ0n) is 9.93. The van der Waals surface area contributed by atoms with E-state index in [9.17, 15) is 4.79 Å². The van der Waals surface area contributed by atoms with Gasteiger partial charge in [0.1, 0.15) is 0 Å². The fraction of sp³-hybridized carbons (Fsp3) is 0.417. The van der Waals surface area contributed by atoms with Crippen molar-refractivity contribution in [3.63, 3.8) is 0 Å². The fourth-order valence-corrected chi connectivity index (χ4v) is 1.37. The third kappa shape index (κ3) is 3.51. The SMILES string of the molecule is CC(C)c1cccc(N(C)C(=O)CN)c1.Cl. The third-order valence-electron chi connectivity index (χ3n) is 2.47. The van der Waals surface area contributed by atoms with Gasteiger partial charge in [-0.25, -0.2) is 0 Å². The zero-order chi connectivity index (χ0) is 11.4. The molecular weight excluding hydrogens is 224 g/mol. The number of amides is 1. The van der Waals surface area contributed by atoms with Crippen molar-refractivity contribution >= 4 is 24.0 Å². The summed E-state index contributed by atoms with van der Waals surface area (Å²) in [7, 11) is 1.74. The van der Waals surface area contributed by atoms with E-state index in [4.69, 9.17) is 5.73 Å². The van der Waals surface area contributed by atoms with Gasteiger partial charge >= 0.3 is 0 Å². The number of anilines is 1. The molecule has 0 aliphatic heterocycles. The molecule has 1 amide bonds. The number of carbonyl (C=O) groups is 1. The minimum atomic E-state index is -0.0732. The van der Waals surface area contributed by atoms with Crippen LogP contribution in [0.3, 0.4) is 0 Å². The monoisotopic (exact) mass is 242 g/mol. The molecule has 0 atom stereocenters. The first kappa shape index (κ1) is 14.9. The van der Waals surface area contributed by atoms with Crippen LogP contribution in [0.25, 0.3) is 0 Å². The zero-order valence-corrected chi connectivity index (χ0v) is 10.8. The summed E-state index contributed by atoms with van der Waals surface area (Å²) in [6.45, 7) is 4.30. The van der Waals surface area contributed by atoms with Crippen LogP contribution in [0.2, 0.25) is 0 Å². The molecule has 0 fully saturated rings. The molecule has 0 bridgehead atoms. The molecule has 3 nitrogen and oxygen atoms in total. The second-order valence-electron chi connectivity index (χ2n) is 3.91. The molecule has 16 heavy (non-hydrogen) atoms. The average Bonchev–Trinajstić information content (AvgIpc) is 2.27. The van der Waals surface area contributed by atoms with E-state index in [0.29, 0.717) is 5.92 Å². The van der Waals surface area contributed by atoms with E-state index >= 15 is 0 Å². The predicted molar refractivity (Wildman–Crippen MR) is 70.2 cm³/mol. The Labute approximate surface area is 103 Å². The molecule has 0 spiro atoms. The Hall–Kier alpha value is -1.06. The number of carbonyl (C=O) groups excluding carboxylic acids is 1. The van der Waals surface area contributed by atoms with Gasteiger partial charge in [0.25, 0.3) is 0 Å². The molecule has 90 valence electrons. The van der Waals surface area contributed by atoms with E-state index in [0.717, 1.165) is 5.69 Å². The summed E-state index contributed by atoms with van der Waals surface area (Å²) < 4.78 is 0. The second kappa shape index (κ2) is 6.51. The first-order chi connectivity index (χ1) is 7.06. The average molecular weight is 243 g/mol. The van der Waals surface area contributed by atoms with Gasteiger partial charge < -0.3 is 10.6 Å².